The van der Waals surface area contributed by atoms with Crippen molar-refractivity contribution in [2.75, 3.05) is 6.54 Å². The van der Waals surface area contributed by atoms with Gasteiger partial charge in [-0.25, -0.2) is 0 Å². The van der Waals surface area contributed by atoms with E-state index >= 15 is 0 Å². The van der Waals surface area contributed by atoms with Crippen LogP contribution in [0.2, 0.25) is 0 Å². The lowest BCUT2D eigenvalue weighted by Crippen LogP contribution is -2.47. The largest absolute Gasteiger partial charge is 0.481 e. The minimum absolute atomic E-state index is 0.0680. The third-order valence-corrected chi connectivity index (χ3v) is 3.12. The number of aryl methyl sites for hydroxylation is 2. The Morgan fingerprint density at radius 2 is 2.00 bits per heavy atom. The van der Waals surface area contributed by atoms with Crippen molar-refractivity contribution in [1.29, 1.82) is 0 Å². The summed E-state index contributed by atoms with van der Waals surface area (Å²) < 4.78 is 1.56. The molecule has 1 heterocycles. The summed E-state index contributed by atoms with van der Waals surface area (Å²) >= 11 is 0. The Balaban J connectivity index is 3.03. The molecule has 0 aliphatic heterocycles. The second kappa shape index (κ2) is 6.07. The van der Waals surface area contributed by atoms with Crippen LogP contribution >= 0.6 is 0 Å². The second-order valence-corrected chi connectivity index (χ2v) is 5.77. The molecule has 0 fully saturated rings. The summed E-state index contributed by atoms with van der Waals surface area (Å²) in [6.07, 6.45) is 0.688. The molecule has 1 amide bonds. The summed E-state index contributed by atoms with van der Waals surface area (Å²) in [6, 6.07) is 1.77. The van der Waals surface area contributed by atoms with E-state index in [4.69, 9.17) is 5.11 Å². The third-order valence-electron chi connectivity index (χ3n) is 3.12. The fourth-order valence-electron chi connectivity index (χ4n) is 1.99. The molecule has 0 bridgehead atoms. The number of carboxylic acids is 1. The van der Waals surface area contributed by atoms with Gasteiger partial charge in [-0.2, -0.15) is 5.10 Å². The fraction of sp³-hybridized carbons (Fsp3) is 0.643. The molecule has 0 aliphatic rings. The van der Waals surface area contributed by atoms with Gasteiger partial charge in [0.1, 0.15) is 5.69 Å². The number of hydrogen-bond donors (Lipinski definition) is 1. The quantitative estimate of drug-likeness (QED) is 0.891. The number of carboxylic acid groups (broad SMARTS) is 1. The third kappa shape index (κ3) is 3.82. The zero-order chi connectivity index (χ0) is 15.5. The maximum absolute atomic E-state index is 12.6. The first kappa shape index (κ1) is 16.2. The summed E-state index contributed by atoms with van der Waals surface area (Å²) in [5.74, 6) is -1.10. The van der Waals surface area contributed by atoms with Gasteiger partial charge >= 0.3 is 5.97 Å². The van der Waals surface area contributed by atoms with E-state index in [1.807, 2.05) is 27.7 Å². The molecule has 0 unspecified atom stereocenters. The van der Waals surface area contributed by atoms with Crippen molar-refractivity contribution in [3.63, 3.8) is 0 Å². The van der Waals surface area contributed by atoms with Crippen molar-refractivity contribution in [2.45, 2.75) is 46.1 Å². The molecule has 20 heavy (non-hydrogen) atoms. The number of aromatic nitrogens is 2. The van der Waals surface area contributed by atoms with E-state index in [1.165, 1.54) is 0 Å². The lowest BCUT2D eigenvalue weighted by Gasteiger charge is -2.35. The van der Waals surface area contributed by atoms with E-state index in [2.05, 4.69) is 5.10 Å². The Morgan fingerprint density at radius 1 is 1.40 bits per heavy atom. The summed E-state index contributed by atoms with van der Waals surface area (Å²) in [5, 5.41) is 13.1. The van der Waals surface area contributed by atoms with Crippen LogP contribution in [0.15, 0.2) is 6.07 Å². The number of nitrogens with zero attached hydrogens (tertiary/aromatic N) is 3. The van der Waals surface area contributed by atoms with E-state index < -0.39 is 11.5 Å². The molecule has 0 saturated heterocycles. The number of hydrogen-bond acceptors (Lipinski definition) is 3. The van der Waals surface area contributed by atoms with Gasteiger partial charge in [0.05, 0.1) is 12.1 Å². The van der Waals surface area contributed by atoms with Crippen LogP contribution in [-0.4, -0.2) is 43.7 Å². The number of rotatable bonds is 5. The van der Waals surface area contributed by atoms with Gasteiger partial charge in [-0.3, -0.25) is 14.3 Å². The number of amides is 1. The van der Waals surface area contributed by atoms with Crippen molar-refractivity contribution in [1.82, 2.24) is 14.7 Å². The smallest absolute Gasteiger partial charge is 0.305 e. The van der Waals surface area contributed by atoms with Crippen molar-refractivity contribution in [3.8, 4) is 0 Å². The topological polar surface area (TPSA) is 75.4 Å². The highest BCUT2D eigenvalue weighted by molar-refractivity contribution is 5.93. The Morgan fingerprint density at radius 3 is 2.40 bits per heavy atom. The van der Waals surface area contributed by atoms with E-state index in [9.17, 15) is 9.59 Å². The first-order valence-corrected chi connectivity index (χ1v) is 6.73. The monoisotopic (exact) mass is 281 g/mol. The van der Waals surface area contributed by atoms with Gasteiger partial charge in [0.15, 0.2) is 0 Å². The van der Waals surface area contributed by atoms with E-state index in [-0.39, 0.29) is 18.9 Å². The molecule has 1 N–H and O–H groups in total. The van der Waals surface area contributed by atoms with Crippen LogP contribution in [-0.2, 0) is 18.3 Å². The predicted molar refractivity (Wildman–Crippen MR) is 75.6 cm³/mol. The van der Waals surface area contributed by atoms with Crippen LogP contribution in [0.1, 0.15) is 50.3 Å². The molecular formula is C14H23N3O3. The molecule has 1 rings (SSSR count). The molecule has 112 valence electrons. The standard InChI is InChI=1S/C14H23N3O3/c1-6-10-9-11(16(5)15-10)13(20)17(14(2,3)4)8-7-12(18)19/h9H,6-8H2,1-5H3,(H,18,19). The average molecular weight is 281 g/mol. The van der Waals surface area contributed by atoms with Gasteiger partial charge in [-0.05, 0) is 33.3 Å². The van der Waals surface area contributed by atoms with Crippen molar-refractivity contribution in [2.24, 2.45) is 7.05 Å². The molecule has 6 nitrogen and oxygen atoms in total. The zero-order valence-corrected chi connectivity index (χ0v) is 12.8. The van der Waals surface area contributed by atoms with Gasteiger partial charge in [-0.1, -0.05) is 6.92 Å². The van der Waals surface area contributed by atoms with E-state index in [0.29, 0.717) is 5.69 Å². The minimum Gasteiger partial charge on any atom is -0.481 e. The van der Waals surface area contributed by atoms with Crippen LogP contribution in [0.4, 0.5) is 0 Å². The van der Waals surface area contributed by atoms with Gasteiger partial charge in [0.2, 0.25) is 0 Å². The van der Waals surface area contributed by atoms with Crippen LogP contribution in [0.25, 0.3) is 0 Å². The molecule has 0 spiro atoms. The predicted octanol–water partition coefficient (Wildman–Crippen LogP) is 1.70. The first-order valence-electron chi connectivity index (χ1n) is 6.73. The molecule has 0 aromatic carbocycles. The fourth-order valence-corrected chi connectivity index (χ4v) is 1.99. The minimum atomic E-state index is -0.911. The molecular weight excluding hydrogens is 258 g/mol. The summed E-state index contributed by atoms with van der Waals surface area (Å²) in [7, 11) is 1.73. The van der Waals surface area contributed by atoms with Crippen molar-refractivity contribution < 1.29 is 14.7 Å². The van der Waals surface area contributed by atoms with E-state index in [1.54, 1.807) is 22.7 Å². The van der Waals surface area contributed by atoms with Gasteiger partial charge in [0, 0.05) is 19.1 Å². The maximum Gasteiger partial charge on any atom is 0.305 e. The Kier molecular flexibility index (Phi) is 4.92. The number of carbonyl (C=O) groups is 2. The second-order valence-electron chi connectivity index (χ2n) is 5.77. The highest BCUT2D eigenvalue weighted by atomic mass is 16.4. The number of aliphatic carboxylic acids is 1. The molecule has 1 aromatic heterocycles. The van der Waals surface area contributed by atoms with Crippen molar-refractivity contribution >= 4 is 11.9 Å². The highest BCUT2D eigenvalue weighted by Gasteiger charge is 2.29. The molecule has 0 saturated carbocycles. The lowest BCUT2D eigenvalue weighted by molar-refractivity contribution is -0.137. The molecule has 0 aliphatic carbocycles. The molecule has 0 atom stereocenters. The Labute approximate surface area is 119 Å². The van der Waals surface area contributed by atoms with Crippen LogP contribution in [0, 0.1) is 0 Å². The SMILES string of the molecule is CCc1cc(C(=O)N(CCC(=O)O)C(C)(C)C)n(C)n1. The lowest BCUT2D eigenvalue weighted by atomic mass is 10.0. The molecule has 0 radical (unpaired) electrons. The van der Waals surface area contributed by atoms with Gasteiger partial charge in [-0.15, -0.1) is 0 Å². The van der Waals surface area contributed by atoms with Gasteiger partial charge < -0.3 is 10.0 Å². The first-order chi connectivity index (χ1) is 9.16. The van der Waals surface area contributed by atoms with Crippen LogP contribution < -0.4 is 0 Å². The average Bonchev–Trinajstić information content (AvgIpc) is 2.68. The van der Waals surface area contributed by atoms with Gasteiger partial charge in [0.25, 0.3) is 5.91 Å². The normalized spacial score (nSPS) is 11.4. The maximum atomic E-state index is 12.6. The molecule has 6 heteroatoms. The number of carbonyl (C=O) groups excluding carboxylic acids is 1. The summed E-state index contributed by atoms with van der Waals surface area (Å²) in [5.41, 5.74) is 0.897. The summed E-state index contributed by atoms with van der Waals surface area (Å²) in [4.78, 5) is 25.0. The Bertz CT molecular complexity index is 500. The Hall–Kier alpha value is -1.85. The van der Waals surface area contributed by atoms with Crippen molar-refractivity contribution in [3.05, 3.63) is 17.5 Å². The van der Waals surface area contributed by atoms with E-state index in [0.717, 1.165) is 12.1 Å². The van der Waals surface area contributed by atoms with Crippen LogP contribution in [0.3, 0.4) is 0 Å². The highest BCUT2D eigenvalue weighted by Crippen LogP contribution is 2.18. The van der Waals surface area contributed by atoms with Crippen LogP contribution in [0.5, 0.6) is 0 Å². The summed E-state index contributed by atoms with van der Waals surface area (Å²) in [6.45, 7) is 7.84. The molecule has 1 aromatic rings. The zero-order valence-electron chi connectivity index (χ0n) is 12.8.